The zero-order valence-electron chi connectivity index (χ0n) is 9.89. The van der Waals surface area contributed by atoms with Crippen molar-refractivity contribution in [1.29, 1.82) is 0 Å². The van der Waals surface area contributed by atoms with Crippen LogP contribution in [0, 0.1) is 5.82 Å². The molecule has 4 heteroatoms. The molecule has 0 aliphatic heterocycles. The third kappa shape index (κ3) is 2.27. The third-order valence-corrected chi connectivity index (χ3v) is 3.87. The zero-order chi connectivity index (χ0) is 13.2. The lowest BCUT2D eigenvalue weighted by molar-refractivity contribution is 0.111. The number of benzene rings is 2. The first-order chi connectivity index (χ1) is 9.28. The van der Waals surface area contributed by atoms with E-state index in [-0.39, 0.29) is 5.56 Å². The number of para-hydroxylation sites is 1. The average molecular weight is 271 g/mol. The molecule has 0 aliphatic rings. The Balaban J connectivity index is 2.01. The highest BCUT2D eigenvalue weighted by Crippen LogP contribution is 2.32. The van der Waals surface area contributed by atoms with Crippen LogP contribution < -0.4 is 0 Å². The van der Waals surface area contributed by atoms with Gasteiger partial charge in [0, 0.05) is 15.8 Å². The SMILES string of the molecule is O=Cc1c(F)cccc1Sc1cc2ccccc2[nH]1. The summed E-state index contributed by atoms with van der Waals surface area (Å²) in [7, 11) is 0. The summed E-state index contributed by atoms with van der Waals surface area (Å²) in [5.41, 5.74) is 1.13. The van der Waals surface area contributed by atoms with Crippen molar-refractivity contribution in [3.63, 3.8) is 0 Å². The highest BCUT2D eigenvalue weighted by atomic mass is 32.2. The van der Waals surface area contributed by atoms with Crippen LogP contribution in [-0.4, -0.2) is 11.3 Å². The van der Waals surface area contributed by atoms with Crippen LogP contribution in [-0.2, 0) is 0 Å². The summed E-state index contributed by atoms with van der Waals surface area (Å²) in [6.07, 6.45) is 0.556. The Labute approximate surface area is 113 Å². The first-order valence-corrected chi connectivity index (χ1v) is 6.59. The largest absolute Gasteiger partial charge is 0.349 e. The smallest absolute Gasteiger partial charge is 0.154 e. The number of fused-ring (bicyclic) bond motifs is 1. The van der Waals surface area contributed by atoms with Gasteiger partial charge in [-0.15, -0.1) is 0 Å². The van der Waals surface area contributed by atoms with Crippen LogP contribution in [0.3, 0.4) is 0 Å². The Morgan fingerprint density at radius 2 is 1.95 bits per heavy atom. The van der Waals surface area contributed by atoms with Crippen LogP contribution >= 0.6 is 11.8 Å². The van der Waals surface area contributed by atoms with E-state index in [9.17, 15) is 9.18 Å². The van der Waals surface area contributed by atoms with Crippen molar-refractivity contribution in [3.05, 3.63) is 59.9 Å². The molecule has 0 aliphatic carbocycles. The minimum atomic E-state index is -0.490. The van der Waals surface area contributed by atoms with Gasteiger partial charge in [-0.25, -0.2) is 4.39 Å². The molecule has 3 aromatic rings. The fourth-order valence-corrected chi connectivity index (χ4v) is 2.93. The van der Waals surface area contributed by atoms with Gasteiger partial charge in [-0.2, -0.15) is 0 Å². The van der Waals surface area contributed by atoms with Crippen molar-refractivity contribution < 1.29 is 9.18 Å². The van der Waals surface area contributed by atoms with Crippen molar-refractivity contribution in [1.82, 2.24) is 4.98 Å². The molecule has 0 fully saturated rings. The molecule has 3 rings (SSSR count). The number of hydrogen-bond acceptors (Lipinski definition) is 2. The Kier molecular flexibility index (Phi) is 3.09. The van der Waals surface area contributed by atoms with Gasteiger partial charge >= 0.3 is 0 Å². The molecule has 0 amide bonds. The van der Waals surface area contributed by atoms with Gasteiger partial charge in [0.15, 0.2) is 6.29 Å². The standard InChI is InChI=1S/C15H10FNOS/c16-12-5-3-7-14(11(12)9-18)19-15-8-10-4-1-2-6-13(10)17-15/h1-9,17H. The number of aromatic amines is 1. The lowest BCUT2D eigenvalue weighted by Gasteiger charge is -2.03. The summed E-state index contributed by atoms with van der Waals surface area (Å²) < 4.78 is 13.5. The van der Waals surface area contributed by atoms with Gasteiger partial charge in [0.2, 0.25) is 0 Å². The summed E-state index contributed by atoms with van der Waals surface area (Å²) in [5.74, 6) is -0.490. The molecule has 0 radical (unpaired) electrons. The van der Waals surface area contributed by atoms with E-state index in [1.165, 1.54) is 17.8 Å². The Morgan fingerprint density at radius 3 is 2.74 bits per heavy atom. The molecule has 1 N–H and O–H groups in total. The quantitative estimate of drug-likeness (QED) is 0.721. The number of hydrogen-bond donors (Lipinski definition) is 1. The average Bonchev–Trinajstić information content (AvgIpc) is 2.81. The maximum absolute atomic E-state index is 13.5. The van der Waals surface area contributed by atoms with Crippen LogP contribution in [0.1, 0.15) is 10.4 Å². The zero-order valence-corrected chi connectivity index (χ0v) is 10.7. The second kappa shape index (κ2) is 4.90. The second-order valence-electron chi connectivity index (χ2n) is 4.09. The predicted octanol–water partition coefficient (Wildman–Crippen LogP) is 4.27. The highest BCUT2D eigenvalue weighted by Gasteiger charge is 2.10. The Morgan fingerprint density at radius 1 is 1.11 bits per heavy atom. The van der Waals surface area contributed by atoms with E-state index in [0.717, 1.165) is 15.9 Å². The molecule has 19 heavy (non-hydrogen) atoms. The predicted molar refractivity (Wildman–Crippen MR) is 74.2 cm³/mol. The van der Waals surface area contributed by atoms with Gasteiger partial charge in [-0.3, -0.25) is 4.79 Å². The molecule has 2 nitrogen and oxygen atoms in total. The van der Waals surface area contributed by atoms with Crippen molar-refractivity contribution in [2.24, 2.45) is 0 Å². The number of halogens is 1. The molecule has 0 unspecified atom stereocenters. The van der Waals surface area contributed by atoms with Crippen LogP contribution in [0.25, 0.3) is 10.9 Å². The number of nitrogens with one attached hydrogen (secondary N) is 1. The summed E-state index contributed by atoms with van der Waals surface area (Å²) in [5, 5.41) is 1.98. The van der Waals surface area contributed by atoms with E-state index in [1.54, 1.807) is 12.1 Å². The van der Waals surface area contributed by atoms with Gasteiger partial charge < -0.3 is 4.98 Å². The van der Waals surface area contributed by atoms with Crippen molar-refractivity contribution in [2.45, 2.75) is 9.92 Å². The molecule has 2 aromatic carbocycles. The molecular formula is C15H10FNOS. The van der Waals surface area contributed by atoms with Gasteiger partial charge in [0.25, 0.3) is 0 Å². The van der Waals surface area contributed by atoms with Crippen molar-refractivity contribution in [2.75, 3.05) is 0 Å². The van der Waals surface area contributed by atoms with Crippen LogP contribution in [0.4, 0.5) is 4.39 Å². The van der Waals surface area contributed by atoms with E-state index in [4.69, 9.17) is 0 Å². The number of aldehydes is 1. The lowest BCUT2D eigenvalue weighted by atomic mass is 10.2. The van der Waals surface area contributed by atoms with Gasteiger partial charge in [-0.1, -0.05) is 36.0 Å². The Bertz CT molecular complexity index is 718. The first kappa shape index (κ1) is 12.0. The summed E-state index contributed by atoms with van der Waals surface area (Å²) in [6.45, 7) is 0. The second-order valence-corrected chi connectivity index (χ2v) is 5.18. The normalized spacial score (nSPS) is 10.8. The molecule has 0 bridgehead atoms. The van der Waals surface area contributed by atoms with Crippen molar-refractivity contribution >= 4 is 29.0 Å². The van der Waals surface area contributed by atoms with E-state index >= 15 is 0 Å². The third-order valence-electron chi connectivity index (χ3n) is 2.86. The number of aromatic nitrogens is 1. The fourth-order valence-electron chi connectivity index (χ4n) is 1.94. The van der Waals surface area contributed by atoms with E-state index in [0.29, 0.717) is 11.2 Å². The molecule has 94 valence electrons. The van der Waals surface area contributed by atoms with Gasteiger partial charge in [0.1, 0.15) is 5.82 Å². The van der Waals surface area contributed by atoms with Crippen LogP contribution in [0.5, 0.6) is 0 Å². The summed E-state index contributed by atoms with van der Waals surface area (Å²) in [6, 6.07) is 14.5. The van der Waals surface area contributed by atoms with E-state index in [2.05, 4.69) is 4.98 Å². The minimum absolute atomic E-state index is 0.103. The van der Waals surface area contributed by atoms with Gasteiger partial charge in [0.05, 0.1) is 10.6 Å². The molecule has 0 spiro atoms. The van der Waals surface area contributed by atoms with Crippen LogP contribution in [0.15, 0.2) is 58.5 Å². The van der Waals surface area contributed by atoms with E-state index in [1.807, 2.05) is 30.3 Å². The lowest BCUT2D eigenvalue weighted by Crippen LogP contribution is -1.90. The Hall–Kier alpha value is -2.07. The molecule has 0 atom stereocenters. The summed E-state index contributed by atoms with van der Waals surface area (Å²) in [4.78, 5) is 14.8. The highest BCUT2D eigenvalue weighted by molar-refractivity contribution is 7.99. The minimum Gasteiger partial charge on any atom is -0.349 e. The maximum atomic E-state index is 13.5. The van der Waals surface area contributed by atoms with Crippen molar-refractivity contribution in [3.8, 4) is 0 Å². The van der Waals surface area contributed by atoms with E-state index < -0.39 is 5.82 Å². The number of carbonyl (C=O) groups is 1. The molecule has 1 aromatic heterocycles. The number of carbonyl (C=O) groups excluding carboxylic acids is 1. The molecule has 1 heterocycles. The molecule has 0 saturated heterocycles. The number of H-pyrrole nitrogens is 1. The molecule has 0 saturated carbocycles. The fraction of sp³-hybridized carbons (Fsp3) is 0. The van der Waals surface area contributed by atoms with Crippen LogP contribution in [0.2, 0.25) is 0 Å². The van der Waals surface area contributed by atoms with Gasteiger partial charge in [-0.05, 0) is 24.3 Å². The first-order valence-electron chi connectivity index (χ1n) is 5.77. The molecular weight excluding hydrogens is 261 g/mol. The number of rotatable bonds is 3. The topological polar surface area (TPSA) is 32.9 Å². The monoisotopic (exact) mass is 271 g/mol. The maximum Gasteiger partial charge on any atom is 0.154 e. The summed E-state index contributed by atoms with van der Waals surface area (Å²) >= 11 is 1.35.